The number of benzene rings is 1. The molecule has 0 bridgehead atoms. The summed E-state index contributed by atoms with van der Waals surface area (Å²) in [4.78, 5) is 30.8. The lowest BCUT2D eigenvalue weighted by Gasteiger charge is -2.13. The summed E-state index contributed by atoms with van der Waals surface area (Å²) >= 11 is 1.05. The summed E-state index contributed by atoms with van der Waals surface area (Å²) in [5.74, 6) is 0. The summed E-state index contributed by atoms with van der Waals surface area (Å²) in [7, 11) is -4.74. The average Bonchev–Trinajstić information content (AvgIpc) is 2.95. The van der Waals surface area contributed by atoms with Gasteiger partial charge in [0.1, 0.15) is 12.2 Å². The fraction of sp³-hybridized carbons (Fsp3) is 0.294. The molecule has 1 saturated heterocycles. The molecule has 1 aromatic heterocycles. The zero-order valence-corrected chi connectivity index (χ0v) is 16.1. The van der Waals surface area contributed by atoms with Crippen molar-refractivity contribution in [3.8, 4) is 0 Å². The van der Waals surface area contributed by atoms with E-state index in [1.54, 1.807) is 18.3 Å². The van der Waals surface area contributed by atoms with E-state index in [-0.39, 0.29) is 5.12 Å². The van der Waals surface area contributed by atoms with Crippen molar-refractivity contribution in [2.45, 2.75) is 29.4 Å². The number of pyridine rings is 1. The summed E-state index contributed by atoms with van der Waals surface area (Å²) in [5, 5.41) is 20.1. The fourth-order valence-corrected chi connectivity index (χ4v) is 3.80. The minimum absolute atomic E-state index is 0.213. The third kappa shape index (κ3) is 5.25. The number of phosphoric acid groups is 1. The predicted octanol–water partition coefficient (Wildman–Crippen LogP) is 0.635. The van der Waals surface area contributed by atoms with Crippen molar-refractivity contribution in [3.63, 3.8) is 0 Å². The minimum Gasteiger partial charge on any atom is -0.387 e. The first-order valence-corrected chi connectivity index (χ1v) is 10.6. The number of carbonyl (C=O) groups excluding carboxylic acids is 1. The van der Waals surface area contributed by atoms with Crippen LogP contribution in [0.25, 0.3) is 0 Å². The van der Waals surface area contributed by atoms with E-state index in [2.05, 4.69) is 4.52 Å². The lowest BCUT2D eigenvalue weighted by molar-refractivity contribution is -0.765. The molecular formula is C17H19NO8PS+. The summed E-state index contributed by atoms with van der Waals surface area (Å²) in [6, 6.07) is 12.3. The summed E-state index contributed by atoms with van der Waals surface area (Å²) in [6.45, 7) is -0.595. The van der Waals surface area contributed by atoms with Crippen LogP contribution >= 0.6 is 19.6 Å². The quantitative estimate of drug-likeness (QED) is 0.297. The van der Waals surface area contributed by atoms with Gasteiger partial charge in [-0.15, -0.1) is 0 Å². The standard InChI is InChI=1S/C17H18NO8PS/c19-14-13(10-25-27(22,23)24)26-16(15(14)20)18-8-4-5-11(9-18)17(21)28-12-6-2-1-3-7-12/h1-9,13-16,19-20H,10H2,(H-,22,23,24)/p+1/t13-,14-,15-,16-/m1/s1. The highest BCUT2D eigenvalue weighted by Crippen LogP contribution is 2.37. The molecule has 0 saturated carbocycles. The first kappa shape index (κ1) is 21.1. The van der Waals surface area contributed by atoms with Crippen molar-refractivity contribution in [1.82, 2.24) is 0 Å². The zero-order valence-electron chi connectivity index (χ0n) is 14.4. The Morgan fingerprint density at radius 1 is 1.14 bits per heavy atom. The number of thioether (sulfide) groups is 1. The third-order valence-electron chi connectivity index (χ3n) is 4.05. The van der Waals surface area contributed by atoms with Gasteiger partial charge in [-0.2, -0.15) is 4.57 Å². The third-order valence-corrected chi connectivity index (χ3v) is 5.46. The van der Waals surface area contributed by atoms with Crippen LogP contribution < -0.4 is 4.57 Å². The van der Waals surface area contributed by atoms with Gasteiger partial charge in [0, 0.05) is 11.0 Å². The molecule has 4 atom stereocenters. The number of hydrogen-bond acceptors (Lipinski definition) is 7. The van der Waals surface area contributed by atoms with Gasteiger partial charge in [0.15, 0.2) is 18.5 Å². The molecule has 28 heavy (non-hydrogen) atoms. The Hall–Kier alpha value is -1.62. The highest BCUT2D eigenvalue weighted by Gasteiger charge is 2.49. The van der Waals surface area contributed by atoms with Crippen LogP contribution in [-0.4, -0.2) is 50.0 Å². The van der Waals surface area contributed by atoms with Crippen LogP contribution in [0.4, 0.5) is 0 Å². The van der Waals surface area contributed by atoms with E-state index >= 15 is 0 Å². The molecule has 0 radical (unpaired) electrons. The molecule has 2 aromatic rings. The van der Waals surface area contributed by atoms with Gasteiger partial charge in [-0.1, -0.05) is 18.2 Å². The number of aromatic nitrogens is 1. The van der Waals surface area contributed by atoms with E-state index in [4.69, 9.17) is 14.5 Å². The topological polar surface area (TPSA) is 137 Å². The van der Waals surface area contributed by atoms with Crippen molar-refractivity contribution in [1.29, 1.82) is 0 Å². The average molecular weight is 428 g/mol. The van der Waals surface area contributed by atoms with E-state index in [9.17, 15) is 19.6 Å². The van der Waals surface area contributed by atoms with Crippen molar-refractivity contribution in [3.05, 3.63) is 60.4 Å². The molecule has 150 valence electrons. The summed E-state index contributed by atoms with van der Waals surface area (Å²) in [6.07, 6.45) is -1.94. The predicted molar refractivity (Wildman–Crippen MR) is 97.2 cm³/mol. The maximum Gasteiger partial charge on any atom is 0.469 e. The molecule has 4 N–H and O–H groups in total. The van der Waals surface area contributed by atoms with Gasteiger partial charge in [-0.25, -0.2) is 4.57 Å². The van der Waals surface area contributed by atoms with Gasteiger partial charge >= 0.3 is 7.82 Å². The number of ether oxygens (including phenoxy) is 1. The monoisotopic (exact) mass is 428 g/mol. The molecule has 3 rings (SSSR count). The minimum atomic E-state index is -4.74. The van der Waals surface area contributed by atoms with Crippen LogP contribution in [0, 0.1) is 0 Å². The van der Waals surface area contributed by atoms with Gasteiger partial charge in [0.25, 0.3) is 6.23 Å². The molecule has 11 heteroatoms. The van der Waals surface area contributed by atoms with E-state index in [0.29, 0.717) is 5.56 Å². The van der Waals surface area contributed by atoms with Crippen LogP contribution in [-0.2, 0) is 13.8 Å². The maximum absolute atomic E-state index is 12.5. The molecule has 0 aliphatic carbocycles. The molecule has 1 aliphatic rings. The largest absolute Gasteiger partial charge is 0.469 e. The van der Waals surface area contributed by atoms with Crippen molar-refractivity contribution in [2.75, 3.05) is 6.61 Å². The molecule has 9 nitrogen and oxygen atoms in total. The fourth-order valence-electron chi connectivity index (χ4n) is 2.71. The Morgan fingerprint density at radius 3 is 2.54 bits per heavy atom. The normalized spacial score (nSPS) is 25.0. The molecular weight excluding hydrogens is 409 g/mol. The molecule has 0 spiro atoms. The highest BCUT2D eigenvalue weighted by molar-refractivity contribution is 8.14. The summed E-state index contributed by atoms with van der Waals surface area (Å²) in [5.41, 5.74) is 0.358. The van der Waals surface area contributed by atoms with Gasteiger partial charge in [-0.05, 0) is 30.0 Å². The van der Waals surface area contributed by atoms with Crippen LogP contribution in [0.5, 0.6) is 0 Å². The second-order valence-electron chi connectivity index (χ2n) is 6.08. The lowest BCUT2D eigenvalue weighted by Crippen LogP contribution is -2.46. The molecule has 1 aromatic carbocycles. The summed E-state index contributed by atoms with van der Waals surface area (Å²) < 4.78 is 22.1. The number of aliphatic hydroxyl groups is 2. The van der Waals surface area contributed by atoms with Gasteiger partial charge in [0.2, 0.25) is 5.12 Å². The Labute approximate surface area is 164 Å². The van der Waals surface area contributed by atoms with Crippen molar-refractivity contribution in [2.24, 2.45) is 0 Å². The second kappa shape index (κ2) is 8.81. The molecule has 0 unspecified atom stereocenters. The molecule has 2 heterocycles. The molecule has 1 fully saturated rings. The number of nitrogens with zero attached hydrogens (tertiary/aromatic N) is 1. The maximum atomic E-state index is 12.5. The second-order valence-corrected chi connectivity index (χ2v) is 8.36. The van der Waals surface area contributed by atoms with Crippen molar-refractivity contribution >= 4 is 24.7 Å². The molecule has 1 aliphatic heterocycles. The number of hydrogen-bond donors (Lipinski definition) is 4. The van der Waals surface area contributed by atoms with Crippen LogP contribution in [0.2, 0.25) is 0 Å². The SMILES string of the molecule is O=C(Sc1ccccc1)c1ccc[n+]([C@@H]2O[C@H](COP(=O)(O)O)[C@@H](O)[C@H]2O)c1. The van der Waals surface area contributed by atoms with Crippen LogP contribution in [0.3, 0.4) is 0 Å². The first-order chi connectivity index (χ1) is 13.2. The lowest BCUT2D eigenvalue weighted by atomic mass is 10.1. The van der Waals surface area contributed by atoms with Gasteiger partial charge < -0.3 is 24.7 Å². The number of aliphatic hydroxyl groups excluding tert-OH is 2. The first-order valence-electron chi connectivity index (χ1n) is 8.24. The highest BCUT2D eigenvalue weighted by atomic mass is 32.2. The van der Waals surface area contributed by atoms with Gasteiger partial charge in [-0.3, -0.25) is 9.32 Å². The van der Waals surface area contributed by atoms with Gasteiger partial charge in [0.05, 0.1) is 12.2 Å². The van der Waals surface area contributed by atoms with E-state index in [1.807, 2.05) is 30.3 Å². The Morgan fingerprint density at radius 2 is 1.86 bits per heavy atom. The molecule has 0 amide bonds. The zero-order chi connectivity index (χ0) is 20.3. The van der Waals surface area contributed by atoms with Crippen LogP contribution in [0.1, 0.15) is 16.6 Å². The van der Waals surface area contributed by atoms with E-state index in [0.717, 1.165) is 16.7 Å². The number of phosphoric ester groups is 1. The Bertz CT molecular complexity index is 876. The Kier molecular flexibility index (Phi) is 6.64. The van der Waals surface area contributed by atoms with Crippen LogP contribution in [0.15, 0.2) is 59.8 Å². The number of rotatable bonds is 6. The van der Waals surface area contributed by atoms with E-state index < -0.39 is 39.0 Å². The van der Waals surface area contributed by atoms with E-state index in [1.165, 1.54) is 10.8 Å². The van der Waals surface area contributed by atoms with Crippen molar-refractivity contribution < 1.29 is 43.2 Å². The number of carbonyl (C=O) groups is 1. The Balaban J connectivity index is 1.72. The smallest absolute Gasteiger partial charge is 0.387 e.